The van der Waals surface area contributed by atoms with Crippen molar-refractivity contribution >= 4 is 33.1 Å². The number of carbonyl (C=O) groups excluding carboxylic acids is 1. The molecule has 0 aliphatic carbocycles. The van der Waals surface area contributed by atoms with Gasteiger partial charge in [-0.1, -0.05) is 12.1 Å². The fourth-order valence-electron chi connectivity index (χ4n) is 3.18. The molecule has 158 valence electrons. The Morgan fingerprint density at radius 3 is 2.55 bits per heavy atom. The molecule has 4 rings (SSSR count). The van der Waals surface area contributed by atoms with E-state index in [0.717, 1.165) is 15.3 Å². The summed E-state index contributed by atoms with van der Waals surface area (Å²) >= 11 is 1.40. The van der Waals surface area contributed by atoms with Crippen LogP contribution in [0.15, 0.2) is 53.3 Å². The molecule has 0 fully saturated rings. The molecular formula is C22H20N4O4S. The first-order chi connectivity index (χ1) is 15.0. The summed E-state index contributed by atoms with van der Waals surface area (Å²) in [6, 6.07) is 14.4. The quantitative estimate of drug-likeness (QED) is 0.497. The fraction of sp³-hybridized carbons (Fsp3) is 0.182. The van der Waals surface area contributed by atoms with Crippen molar-refractivity contribution in [3.63, 3.8) is 0 Å². The number of thiazole rings is 1. The number of hydrogen-bond acceptors (Lipinski definition) is 7. The average Bonchev–Trinajstić information content (AvgIpc) is 3.18. The van der Waals surface area contributed by atoms with E-state index in [1.807, 2.05) is 31.2 Å². The number of nitrogens with zero attached hydrogens (tertiary/aromatic N) is 3. The first-order valence-corrected chi connectivity index (χ1v) is 10.3. The molecule has 0 saturated heterocycles. The summed E-state index contributed by atoms with van der Waals surface area (Å²) in [6.45, 7) is 1.58. The maximum atomic E-state index is 13.0. The molecule has 2 heterocycles. The van der Waals surface area contributed by atoms with Gasteiger partial charge in [-0.2, -0.15) is 5.10 Å². The van der Waals surface area contributed by atoms with Crippen LogP contribution in [0.5, 0.6) is 11.5 Å². The number of rotatable bonds is 6. The molecule has 0 saturated carbocycles. The summed E-state index contributed by atoms with van der Waals surface area (Å²) in [5.41, 5.74) is 1.80. The van der Waals surface area contributed by atoms with Crippen molar-refractivity contribution in [3.05, 3.63) is 63.9 Å². The summed E-state index contributed by atoms with van der Waals surface area (Å²) in [4.78, 5) is 30.0. The lowest BCUT2D eigenvalue weighted by Gasteiger charge is -2.11. The number of ether oxygens (including phenoxy) is 2. The largest absolute Gasteiger partial charge is 0.497 e. The van der Waals surface area contributed by atoms with E-state index < -0.39 is 11.5 Å². The van der Waals surface area contributed by atoms with Crippen LogP contribution < -0.4 is 20.3 Å². The summed E-state index contributed by atoms with van der Waals surface area (Å²) in [5.74, 6) is 0.844. The molecule has 2 aromatic heterocycles. The summed E-state index contributed by atoms with van der Waals surface area (Å²) in [7, 11) is 3.12. The van der Waals surface area contributed by atoms with Crippen molar-refractivity contribution < 1.29 is 14.3 Å². The number of carbonyl (C=O) groups is 1. The third kappa shape index (κ3) is 4.13. The first kappa shape index (κ1) is 20.5. The van der Waals surface area contributed by atoms with Gasteiger partial charge in [-0.05, 0) is 43.3 Å². The van der Waals surface area contributed by atoms with Crippen LogP contribution in [-0.2, 0) is 11.3 Å². The standard InChI is InChI=1S/C22H20N4O4S/c1-13-23-20-21(31-13)19(14-8-10-15(29-2)11-9-14)25-26(22(20)28)12-18(27)24-16-6-4-5-7-17(16)30-3/h4-11H,12H2,1-3H3,(H,24,27). The summed E-state index contributed by atoms with van der Waals surface area (Å²) in [6.07, 6.45) is 0. The van der Waals surface area contributed by atoms with Gasteiger partial charge in [0, 0.05) is 5.56 Å². The minimum atomic E-state index is -0.410. The molecular weight excluding hydrogens is 416 g/mol. The molecule has 0 aliphatic heterocycles. The Bertz CT molecular complexity index is 1310. The molecule has 0 unspecified atom stereocenters. The Labute approximate surface area is 182 Å². The van der Waals surface area contributed by atoms with Crippen LogP contribution in [0.25, 0.3) is 21.5 Å². The van der Waals surface area contributed by atoms with Crippen molar-refractivity contribution in [2.45, 2.75) is 13.5 Å². The van der Waals surface area contributed by atoms with Gasteiger partial charge in [0.25, 0.3) is 5.56 Å². The van der Waals surface area contributed by atoms with Crippen molar-refractivity contribution in [3.8, 4) is 22.8 Å². The zero-order valence-electron chi connectivity index (χ0n) is 17.2. The van der Waals surface area contributed by atoms with Gasteiger partial charge in [-0.25, -0.2) is 9.67 Å². The Morgan fingerprint density at radius 2 is 1.84 bits per heavy atom. The highest BCUT2D eigenvalue weighted by atomic mass is 32.1. The summed E-state index contributed by atoms with van der Waals surface area (Å²) in [5, 5.41) is 8.02. The third-order valence-corrected chi connectivity index (χ3v) is 5.62. The molecule has 2 aromatic carbocycles. The third-order valence-electron chi connectivity index (χ3n) is 4.64. The smallest absolute Gasteiger partial charge is 0.294 e. The SMILES string of the molecule is COc1ccc(-c2nn(CC(=O)Nc3ccccc3OC)c(=O)c3nc(C)sc23)cc1. The van der Waals surface area contributed by atoms with Crippen molar-refractivity contribution in [2.24, 2.45) is 0 Å². The molecule has 0 spiro atoms. The molecule has 1 N–H and O–H groups in total. The zero-order valence-corrected chi connectivity index (χ0v) is 18.0. The molecule has 9 heteroatoms. The predicted octanol–water partition coefficient (Wildman–Crippen LogP) is 3.48. The van der Waals surface area contributed by atoms with Crippen LogP contribution in [0.4, 0.5) is 5.69 Å². The lowest BCUT2D eigenvalue weighted by atomic mass is 10.1. The van der Waals surface area contributed by atoms with Crippen molar-refractivity contribution in [1.29, 1.82) is 0 Å². The van der Waals surface area contributed by atoms with Crippen LogP contribution in [0.1, 0.15) is 5.01 Å². The van der Waals surface area contributed by atoms with E-state index in [0.29, 0.717) is 33.1 Å². The zero-order chi connectivity index (χ0) is 22.0. The maximum Gasteiger partial charge on any atom is 0.294 e. The van der Waals surface area contributed by atoms with Gasteiger partial charge in [0.05, 0.1) is 29.6 Å². The number of amides is 1. The van der Waals surface area contributed by atoms with Crippen LogP contribution in [0.2, 0.25) is 0 Å². The second kappa shape index (κ2) is 8.57. The highest BCUT2D eigenvalue weighted by Crippen LogP contribution is 2.30. The van der Waals surface area contributed by atoms with E-state index in [9.17, 15) is 9.59 Å². The number of methoxy groups -OCH3 is 2. The molecule has 0 aliphatic rings. The first-order valence-electron chi connectivity index (χ1n) is 9.45. The molecule has 31 heavy (non-hydrogen) atoms. The lowest BCUT2D eigenvalue weighted by Crippen LogP contribution is -2.30. The van der Waals surface area contributed by atoms with Gasteiger partial charge in [0.2, 0.25) is 5.91 Å². The molecule has 8 nitrogen and oxygen atoms in total. The van der Waals surface area contributed by atoms with Crippen molar-refractivity contribution in [2.75, 3.05) is 19.5 Å². The Balaban J connectivity index is 1.73. The molecule has 4 aromatic rings. The Kier molecular flexibility index (Phi) is 5.68. The van der Waals surface area contributed by atoms with Gasteiger partial charge >= 0.3 is 0 Å². The second-order valence-electron chi connectivity index (χ2n) is 6.70. The van der Waals surface area contributed by atoms with E-state index in [4.69, 9.17) is 9.47 Å². The maximum absolute atomic E-state index is 13.0. The second-order valence-corrected chi connectivity index (χ2v) is 7.90. The number of nitrogens with one attached hydrogen (secondary N) is 1. The number of fused-ring (bicyclic) bond motifs is 1. The van der Waals surface area contributed by atoms with Gasteiger partial charge in [0.1, 0.15) is 23.7 Å². The Morgan fingerprint density at radius 1 is 1.10 bits per heavy atom. The van der Waals surface area contributed by atoms with E-state index >= 15 is 0 Å². The average molecular weight is 436 g/mol. The van der Waals surface area contributed by atoms with Crippen molar-refractivity contribution in [1.82, 2.24) is 14.8 Å². The minimum absolute atomic E-state index is 0.257. The van der Waals surface area contributed by atoms with Gasteiger partial charge in [0.15, 0.2) is 5.52 Å². The minimum Gasteiger partial charge on any atom is -0.497 e. The number of hydrogen-bond donors (Lipinski definition) is 1. The fourth-order valence-corrected chi connectivity index (χ4v) is 4.10. The van der Waals surface area contributed by atoms with E-state index in [1.165, 1.54) is 18.4 Å². The highest BCUT2D eigenvalue weighted by Gasteiger charge is 2.18. The number of benzene rings is 2. The van der Waals surface area contributed by atoms with E-state index in [1.54, 1.807) is 31.4 Å². The number of anilines is 1. The normalized spacial score (nSPS) is 10.8. The molecule has 0 bridgehead atoms. The number of para-hydroxylation sites is 2. The van der Waals surface area contributed by atoms with Gasteiger partial charge in [-0.3, -0.25) is 9.59 Å². The van der Waals surface area contributed by atoms with E-state index in [-0.39, 0.29) is 6.54 Å². The summed E-state index contributed by atoms with van der Waals surface area (Å²) < 4.78 is 12.3. The molecule has 0 atom stereocenters. The van der Waals surface area contributed by atoms with E-state index in [2.05, 4.69) is 15.4 Å². The monoisotopic (exact) mass is 436 g/mol. The van der Waals surface area contributed by atoms with Crippen LogP contribution in [0, 0.1) is 6.92 Å². The number of aryl methyl sites for hydroxylation is 1. The van der Waals surface area contributed by atoms with Gasteiger partial charge < -0.3 is 14.8 Å². The van der Waals surface area contributed by atoms with Crippen LogP contribution >= 0.6 is 11.3 Å². The molecule has 1 amide bonds. The van der Waals surface area contributed by atoms with Crippen LogP contribution in [-0.4, -0.2) is 34.9 Å². The highest BCUT2D eigenvalue weighted by molar-refractivity contribution is 7.19. The topological polar surface area (TPSA) is 95.3 Å². The predicted molar refractivity (Wildman–Crippen MR) is 120 cm³/mol. The number of aromatic nitrogens is 3. The van der Waals surface area contributed by atoms with Gasteiger partial charge in [-0.15, -0.1) is 11.3 Å². The Hall–Kier alpha value is -3.72. The molecule has 0 radical (unpaired) electrons. The lowest BCUT2D eigenvalue weighted by molar-refractivity contribution is -0.117. The van der Waals surface area contributed by atoms with Crippen LogP contribution in [0.3, 0.4) is 0 Å².